The standard InChI is InChI=1S/C13H14I3NO2/c1-4-7(5-10(18)19)11-8(14)6-9(15)13(12(11)16)17(2)3/h5-6H,4H2,1-3H3,(H,18,19). The number of hydrogen-bond donors (Lipinski definition) is 1. The topological polar surface area (TPSA) is 40.5 Å². The molecular weight excluding hydrogens is 583 g/mol. The van der Waals surface area contributed by atoms with Crippen LogP contribution in [0.4, 0.5) is 5.69 Å². The van der Waals surface area contributed by atoms with Gasteiger partial charge in [0.1, 0.15) is 0 Å². The Labute approximate surface area is 154 Å². The second kappa shape index (κ2) is 7.43. The zero-order valence-electron chi connectivity index (χ0n) is 10.8. The van der Waals surface area contributed by atoms with Gasteiger partial charge in [-0.3, -0.25) is 0 Å². The highest BCUT2D eigenvalue weighted by Crippen LogP contribution is 2.37. The summed E-state index contributed by atoms with van der Waals surface area (Å²) in [6, 6.07) is 2.10. The molecule has 0 unspecified atom stereocenters. The summed E-state index contributed by atoms with van der Waals surface area (Å²) < 4.78 is 3.37. The van der Waals surface area contributed by atoms with E-state index in [2.05, 4.69) is 78.7 Å². The van der Waals surface area contributed by atoms with Crippen LogP contribution in [0.5, 0.6) is 0 Å². The summed E-state index contributed by atoms with van der Waals surface area (Å²) >= 11 is 6.90. The Kier molecular flexibility index (Phi) is 6.84. The molecule has 1 aromatic carbocycles. The molecule has 1 aromatic rings. The van der Waals surface area contributed by atoms with Crippen LogP contribution in [0.2, 0.25) is 0 Å². The molecule has 0 amide bonds. The van der Waals surface area contributed by atoms with Gasteiger partial charge in [-0.2, -0.15) is 0 Å². The highest BCUT2D eigenvalue weighted by molar-refractivity contribution is 14.1. The van der Waals surface area contributed by atoms with Crippen LogP contribution < -0.4 is 4.90 Å². The highest BCUT2D eigenvalue weighted by atomic mass is 127. The molecule has 0 saturated heterocycles. The van der Waals surface area contributed by atoms with Gasteiger partial charge in [0.2, 0.25) is 0 Å². The Morgan fingerprint density at radius 2 is 1.89 bits per heavy atom. The fourth-order valence-electron chi connectivity index (χ4n) is 1.78. The third-order valence-electron chi connectivity index (χ3n) is 2.59. The highest BCUT2D eigenvalue weighted by Gasteiger charge is 2.18. The van der Waals surface area contributed by atoms with Crippen molar-refractivity contribution in [3.8, 4) is 0 Å². The van der Waals surface area contributed by atoms with Gasteiger partial charge in [-0.1, -0.05) is 6.92 Å². The maximum atomic E-state index is 11.0. The van der Waals surface area contributed by atoms with E-state index in [9.17, 15) is 4.79 Å². The molecule has 6 heteroatoms. The quantitative estimate of drug-likeness (QED) is 0.413. The number of hydrogen-bond acceptors (Lipinski definition) is 2. The Hall–Kier alpha value is 0.420. The van der Waals surface area contributed by atoms with Gasteiger partial charge in [0.05, 0.1) is 5.69 Å². The molecule has 3 nitrogen and oxygen atoms in total. The number of rotatable bonds is 4. The molecule has 0 aliphatic rings. The van der Waals surface area contributed by atoms with Gasteiger partial charge in [-0.05, 0) is 85.8 Å². The van der Waals surface area contributed by atoms with Crippen LogP contribution in [-0.2, 0) is 4.79 Å². The number of halogens is 3. The van der Waals surface area contributed by atoms with Crippen molar-refractivity contribution >= 4 is 85.0 Å². The molecule has 0 aliphatic carbocycles. The minimum atomic E-state index is -0.895. The van der Waals surface area contributed by atoms with Crippen molar-refractivity contribution < 1.29 is 9.90 Å². The van der Waals surface area contributed by atoms with Crippen molar-refractivity contribution in [1.82, 2.24) is 0 Å². The third kappa shape index (κ3) is 4.19. The van der Waals surface area contributed by atoms with E-state index < -0.39 is 5.97 Å². The maximum Gasteiger partial charge on any atom is 0.328 e. The van der Waals surface area contributed by atoms with Crippen molar-refractivity contribution in [2.24, 2.45) is 0 Å². The Balaban J connectivity index is 3.60. The van der Waals surface area contributed by atoms with Crippen molar-refractivity contribution in [2.75, 3.05) is 19.0 Å². The van der Waals surface area contributed by atoms with Crippen molar-refractivity contribution in [1.29, 1.82) is 0 Å². The number of carbonyl (C=O) groups is 1. The zero-order chi connectivity index (χ0) is 14.7. The van der Waals surface area contributed by atoms with E-state index in [1.54, 1.807) is 0 Å². The van der Waals surface area contributed by atoms with E-state index in [-0.39, 0.29) is 0 Å². The van der Waals surface area contributed by atoms with Gasteiger partial charge in [-0.15, -0.1) is 0 Å². The lowest BCUT2D eigenvalue weighted by molar-refractivity contribution is -0.131. The average molecular weight is 597 g/mol. The normalized spacial score (nSPS) is 11.6. The van der Waals surface area contributed by atoms with E-state index >= 15 is 0 Å². The van der Waals surface area contributed by atoms with Crippen molar-refractivity contribution in [2.45, 2.75) is 13.3 Å². The van der Waals surface area contributed by atoms with Crippen molar-refractivity contribution in [3.63, 3.8) is 0 Å². The monoisotopic (exact) mass is 597 g/mol. The van der Waals surface area contributed by atoms with Gasteiger partial charge < -0.3 is 10.0 Å². The first kappa shape index (κ1) is 17.5. The Morgan fingerprint density at radius 3 is 2.32 bits per heavy atom. The number of nitrogens with zero attached hydrogens (tertiary/aromatic N) is 1. The molecule has 104 valence electrons. The van der Waals surface area contributed by atoms with Crippen LogP contribution in [0.25, 0.3) is 5.57 Å². The summed E-state index contributed by atoms with van der Waals surface area (Å²) in [6.45, 7) is 1.98. The number of anilines is 1. The number of aliphatic carboxylic acids is 1. The molecule has 0 atom stereocenters. The molecule has 0 spiro atoms. The number of carboxylic acids is 1. The molecule has 1 N–H and O–H groups in total. The lowest BCUT2D eigenvalue weighted by Crippen LogP contribution is -2.14. The molecular formula is C13H14I3NO2. The van der Waals surface area contributed by atoms with Crippen LogP contribution in [0.1, 0.15) is 18.9 Å². The smallest absolute Gasteiger partial charge is 0.328 e. The third-order valence-corrected chi connectivity index (χ3v) is 5.32. The summed E-state index contributed by atoms with van der Waals surface area (Å²) in [7, 11) is 4.01. The van der Waals surface area contributed by atoms with Gasteiger partial charge >= 0.3 is 5.97 Å². The lowest BCUT2D eigenvalue weighted by Gasteiger charge is -2.21. The van der Waals surface area contributed by atoms with E-state index in [1.807, 2.05) is 21.0 Å². The number of benzene rings is 1. The second-order valence-corrected chi connectivity index (χ2v) is 7.54. The van der Waals surface area contributed by atoms with E-state index in [0.717, 1.165) is 24.0 Å². The minimum absolute atomic E-state index is 0.700. The predicted molar refractivity (Wildman–Crippen MR) is 105 cm³/mol. The van der Waals surface area contributed by atoms with E-state index in [0.29, 0.717) is 6.42 Å². The number of allylic oxidation sites excluding steroid dienone is 1. The van der Waals surface area contributed by atoms with Crippen LogP contribution in [0, 0.1) is 10.7 Å². The molecule has 19 heavy (non-hydrogen) atoms. The predicted octanol–water partition coefficient (Wildman–Crippen LogP) is 4.44. The fraction of sp³-hybridized carbons (Fsp3) is 0.308. The van der Waals surface area contributed by atoms with Crippen LogP contribution in [0.3, 0.4) is 0 Å². The first-order valence-electron chi connectivity index (χ1n) is 5.58. The molecule has 0 aromatic heterocycles. The summed E-state index contributed by atoms with van der Waals surface area (Å²) in [5.74, 6) is -0.895. The molecule has 0 saturated carbocycles. The van der Waals surface area contributed by atoms with E-state index in [1.165, 1.54) is 9.65 Å². The first-order valence-corrected chi connectivity index (χ1v) is 8.81. The fourth-order valence-corrected chi connectivity index (χ4v) is 6.81. The van der Waals surface area contributed by atoms with Gasteiger partial charge in [-0.25, -0.2) is 4.79 Å². The van der Waals surface area contributed by atoms with Crippen LogP contribution in [0.15, 0.2) is 12.1 Å². The minimum Gasteiger partial charge on any atom is -0.478 e. The zero-order valence-corrected chi connectivity index (χ0v) is 17.3. The summed E-state index contributed by atoms with van der Waals surface area (Å²) in [5, 5.41) is 9.00. The molecule has 0 aliphatic heterocycles. The largest absolute Gasteiger partial charge is 0.478 e. The first-order chi connectivity index (χ1) is 8.79. The molecule has 0 bridgehead atoms. The van der Waals surface area contributed by atoms with Crippen molar-refractivity contribution in [3.05, 3.63) is 28.4 Å². The lowest BCUT2D eigenvalue weighted by atomic mass is 10.0. The average Bonchev–Trinajstić information content (AvgIpc) is 2.25. The number of carboxylic acid groups (broad SMARTS) is 1. The maximum absolute atomic E-state index is 11.0. The molecule has 0 radical (unpaired) electrons. The Bertz CT molecular complexity index is 539. The second-order valence-electron chi connectivity index (χ2n) is 4.13. The van der Waals surface area contributed by atoms with Gasteiger partial charge in [0.25, 0.3) is 0 Å². The van der Waals surface area contributed by atoms with Crippen LogP contribution >= 0.6 is 67.8 Å². The Morgan fingerprint density at radius 1 is 1.32 bits per heavy atom. The molecule has 0 fully saturated rings. The van der Waals surface area contributed by atoms with E-state index in [4.69, 9.17) is 5.11 Å². The van der Waals surface area contributed by atoms with Gasteiger partial charge in [0.15, 0.2) is 0 Å². The van der Waals surface area contributed by atoms with Gasteiger partial charge in [0, 0.05) is 36.4 Å². The molecule has 1 rings (SSSR count). The molecule has 0 heterocycles. The summed E-state index contributed by atoms with van der Waals surface area (Å²) in [4.78, 5) is 13.0. The summed E-state index contributed by atoms with van der Waals surface area (Å²) in [6.07, 6.45) is 2.01. The SMILES string of the molecule is CCC(=CC(=O)O)c1c(I)cc(I)c(N(C)C)c1I. The summed E-state index contributed by atoms with van der Waals surface area (Å²) in [5.41, 5.74) is 3.04. The van der Waals surface area contributed by atoms with Crippen LogP contribution in [-0.4, -0.2) is 25.2 Å².